The molecule has 14 heavy (non-hydrogen) atoms. The Labute approximate surface area is 88.1 Å². The van der Waals surface area contributed by atoms with E-state index in [2.05, 4.69) is 11.8 Å². The van der Waals surface area contributed by atoms with Crippen LogP contribution in [0.1, 0.15) is 17.5 Å². The molecular formula is C11H11ClFN. The number of nitrogen functional groups attached to an aromatic ring is 1. The number of aryl methyl sites for hydroxylation is 1. The van der Waals surface area contributed by atoms with Gasteiger partial charge in [-0.05, 0) is 24.6 Å². The van der Waals surface area contributed by atoms with Gasteiger partial charge in [-0.25, -0.2) is 4.39 Å². The molecule has 0 fully saturated rings. The van der Waals surface area contributed by atoms with Gasteiger partial charge in [-0.2, -0.15) is 0 Å². The molecule has 1 rings (SSSR count). The Kier molecular flexibility index (Phi) is 3.79. The minimum absolute atomic E-state index is 0.377. The van der Waals surface area contributed by atoms with Gasteiger partial charge in [0.05, 0.1) is 5.56 Å². The number of nitrogens with two attached hydrogens (primary N) is 1. The zero-order chi connectivity index (χ0) is 10.6. The molecule has 0 spiro atoms. The summed E-state index contributed by atoms with van der Waals surface area (Å²) in [5.41, 5.74) is 7.20. The van der Waals surface area contributed by atoms with E-state index in [1.54, 1.807) is 6.07 Å². The third-order valence-corrected chi connectivity index (χ3v) is 1.99. The summed E-state index contributed by atoms with van der Waals surface area (Å²) >= 11 is 5.45. The zero-order valence-corrected chi connectivity index (χ0v) is 8.66. The summed E-state index contributed by atoms with van der Waals surface area (Å²) in [4.78, 5) is 0. The molecule has 0 saturated carbocycles. The first kappa shape index (κ1) is 10.9. The van der Waals surface area contributed by atoms with Gasteiger partial charge in [0.2, 0.25) is 0 Å². The minimum atomic E-state index is -0.379. The first-order valence-corrected chi connectivity index (χ1v) is 4.79. The van der Waals surface area contributed by atoms with Crippen LogP contribution in [-0.4, -0.2) is 5.88 Å². The van der Waals surface area contributed by atoms with Crippen molar-refractivity contribution in [2.75, 3.05) is 11.6 Å². The molecule has 0 saturated heterocycles. The van der Waals surface area contributed by atoms with Crippen LogP contribution >= 0.6 is 11.6 Å². The second-order valence-electron chi connectivity index (χ2n) is 2.93. The molecule has 0 amide bonds. The standard InChI is InChI=1S/C11H11ClFN/c1-8-6-9(4-2-3-5-12)10(13)7-11(8)14/h6-7H,3,5,14H2,1H3. The largest absolute Gasteiger partial charge is 0.398 e. The van der Waals surface area contributed by atoms with E-state index in [1.165, 1.54) is 6.07 Å². The summed E-state index contributed by atoms with van der Waals surface area (Å²) in [6.45, 7) is 1.82. The predicted octanol–water partition coefficient (Wildman–Crippen LogP) is 2.70. The van der Waals surface area contributed by atoms with Crippen molar-refractivity contribution < 1.29 is 4.39 Å². The Bertz CT molecular complexity index is 390. The number of hydrogen-bond donors (Lipinski definition) is 1. The van der Waals surface area contributed by atoms with E-state index in [0.717, 1.165) is 5.56 Å². The smallest absolute Gasteiger partial charge is 0.140 e. The third kappa shape index (κ3) is 2.65. The van der Waals surface area contributed by atoms with E-state index in [1.807, 2.05) is 6.92 Å². The van der Waals surface area contributed by atoms with Gasteiger partial charge in [0, 0.05) is 18.0 Å². The highest BCUT2D eigenvalue weighted by Gasteiger charge is 2.02. The lowest BCUT2D eigenvalue weighted by atomic mass is 10.1. The monoisotopic (exact) mass is 211 g/mol. The second-order valence-corrected chi connectivity index (χ2v) is 3.31. The number of hydrogen-bond acceptors (Lipinski definition) is 1. The van der Waals surface area contributed by atoms with Crippen LogP contribution in [0.5, 0.6) is 0 Å². The highest BCUT2D eigenvalue weighted by Crippen LogP contribution is 2.16. The van der Waals surface area contributed by atoms with E-state index < -0.39 is 0 Å². The molecule has 0 aromatic heterocycles. The topological polar surface area (TPSA) is 26.0 Å². The summed E-state index contributed by atoms with van der Waals surface area (Å²) in [6.07, 6.45) is 0.560. The molecular weight excluding hydrogens is 201 g/mol. The molecule has 1 aromatic carbocycles. The molecule has 0 aliphatic carbocycles. The molecule has 0 heterocycles. The van der Waals surface area contributed by atoms with Crippen molar-refractivity contribution in [3.8, 4) is 11.8 Å². The van der Waals surface area contributed by atoms with Crippen LogP contribution < -0.4 is 5.73 Å². The fourth-order valence-corrected chi connectivity index (χ4v) is 1.09. The Balaban J connectivity index is 3.00. The fraction of sp³-hybridized carbons (Fsp3) is 0.273. The number of benzene rings is 1. The average Bonchev–Trinajstić information content (AvgIpc) is 2.14. The quantitative estimate of drug-likeness (QED) is 0.432. The van der Waals surface area contributed by atoms with Gasteiger partial charge >= 0.3 is 0 Å². The maximum atomic E-state index is 13.2. The van der Waals surface area contributed by atoms with Crippen LogP contribution in [0.15, 0.2) is 12.1 Å². The third-order valence-electron chi connectivity index (χ3n) is 1.80. The molecule has 0 atom stereocenters. The number of halogens is 2. The van der Waals surface area contributed by atoms with Gasteiger partial charge < -0.3 is 5.73 Å². The van der Waals surface area contributed by atoms with Crippen molar-refractivity contribution in [1.82, 2.24) is 0 Å². The molecule has 0 aliphatic rings. The van der Waals surface area contributed by atoms with Crippen molar-refractivity contribution in [3.05, 3.63) is 29.1 Å². The van der Waals surface area contributed by atoms with Gasteiger partial charge in [0.15, 0.2) is 0 Å². The van der Waals surface area contributed by atoms with Crippen molar-refractivity contribution >= 4 is 17.3 Å². The molecule has 0 bridgehead atoms. The van der Waals surface area contributed by atoms with Crippen molar-refractivity contribution in [1.29, 1.82) is 0 Å². The Morgan fingerprint density at radius 2 is 2.21 bits per heavy atom. The highest BCUT2D eigenvalue weighted by atomic mass is 35.5. The SMILES string of the molecule is Cc1cc(C#CCCCl)c(F)cc1N. The van der Waals surface area contributed by atoms with Crippen LogP contribution in [0.3, 0.4) is 0 Å². The highest BCUT2D eigenvalue weighted by molar-refractivity contribution is 6.18. The summed E-state index contributed by atoms with van der Waals surface area (Å²) in [6, 6.07) is 2.94. The summed E-state index contributed by atoms with van der Waals surface area (Å²) < 4.78 is 13.2. The predicted molar refractivity (Wildman–Crippen MR) is 57.8 cm³/mol. The normalized spacial score (nSPS) is 9.36. The van der Waals surface area contributed by atoms with Crippen LogP contribution in [0.4, 0.5) is 10.1 Å². The van der Waals surface area contributed by atoms with Gasteiger partial charge in [0.1, 0.15) is 5.82 Å². The molecule has 74 valence electrons. The molecule has 1 aromatic rings. The molecule has 0 unspecified atom stereocenters. The van der Waals surface area contributed by atoms with Gasteiger partial charge in [-0.15, -0.1) is 11.6 Å². The van der Waals surface area contributed by atoms with Gasteiger partial charge in [-0.3, -0.25) is 0 Å². The number of alkyl halides is 1. The maximum absolute atomic E-state index is 13.2. The van der Waals surface area contributed by atoms with E-state index in [9.17, 15) is 4.39 Å². The van der Waals surface area contributed by atoms with E-state index in [-0.39, 0.29) is 5.82 Å². The van der Waals surface area contributed by atoms with Gasteiger partial charge in [-0.1, -0.05) is 11.8 Å². The fourth-order valence-electron chi connectivity index (χ4n) is 0.998. The molecule has 3 heteroatoms. The van der Waals surface area contributed by atoms with E-state index >= 15 is 0 Å². The zero-order valence-electron chi connectivity index (χ0n) is 7.90. The lowest BCUT2D eigenvalue weighted by Gasteiger charge is -2.01. The lowest BCUT2D eigenvalue weighted by molar-refractivity contribution is 0.624. The lowest BCUT2D eigenvalue weighted by Crippen LogP contribution is -1.93. The van der Waals surface area contributed by atoms with Crippen LogP contribution in [0.25, 0.3) is 0 Å². The Morgan fingerprint density at radius 3 is 2.86 bits per heavy atom. The van der Waals surface area contributed by atoms with Gasteiger partial charge in [0.25, 0.3) is 0 Å². The summed E-state index contributed by atoms with van der Waals surface area (Å²) in [7, 11) is 0. The molecule has 1 nitrogen and oxygen atoms in total. The van der Waals surface area contributed by atoms with E-state index in [4.69, 9.17) is 17.3 Å². The number of rotatable bonds is 1. The van der Waals surface area contributed by atoms with Crippen molar-refractivity contribution in [2.45, 2.75) is 13.3 Å². The second kappa shape index (κ2) is 4.88. The molecule has 0 aliphatic heterocycles. The van der Waals surface area contributed by atoms with Crippen molar-refractivity contribution in [3.63, 3.8) is 0 Å². The molecule has 0 radical (unpaired) electrons. The minimum Gasteiger partial charge on any atom is -0.398 e. The first-order chi connectivity index (χ1) is 6.65. The summed E-state index contributed by atoms with van der Waals surface area (Å²) in [5, 5.41) is 0. The van der Waals surface area contributed by atoms with E-state index in [0.29, 0.717) is 23.6 Å². The Hall–Kier alpha value is -1.20. The van der Waals surface area contributed by atoms with Crippen LogP contribution in [0.2, 0.25) is 0 Å². The van der Waals surface area contributed by atoms with Crippen LogP contribution in [-0.2, 0) is 0 Å². The van der Waals surface area contributed by atoms with Crippen molar-refractivity contribution in [2.24, 2.45) is 0 Å². The molecule has 2 N–H and O–H groups in total. The summed E-state index contributed by atoms with van der Waals surface area (Å²) in [5.74, 6) is 5.57. The maximum Gasteiger partial charge on any atom is 0.140 e. The number of anilines is 1. The van der Waals surface area contributed by atoms with Crippen LogP contribution in [0, 0.1) is 24.6 Å². The average molecular weight is 212 g/mol. The first-order valence-electron chi connectivity index (χ1n) is 4.25. The Morgan fingerprint density at radius 1 is 1.50 bits per heavy atom.